The van der Waals surface area contributed by atoms with Gasteiger partial charge in [-0.3, -0.25) is 9.59 Å². The summed E-state index contributed by atoms with van der Waals surface area (Å²) in [5, 5.41) is 8.87. The van der Waals surface area contributed by atoms with Gasteiger partial charge in [0.15, 0.2) is 0 Å². The molecule has 0 radical (unpaired) electrons. The van der Waals surface area contributed by atoms with E-state index in [1.165, 1.54) is 6.33 Å². The van der Waals surface area contributed by atoms with Gasteiger partial charge in [0, 0.05) is 19.3 Å². The Morgan fingerprint density at radius 2 is 2.11 bits per heavy atom. The number of imidazole rings is 1. The molecule has 0 aromatic carbocycles. The Kier molecular flexibility index (Phi) is 3.64. The van der Waals surface area contributed by atoms with Crippen molar-refractivity contribution in [2.45, 2.75) is 32.2 Å². The fraction of sp³-hybridized carbons (Fsp3) is 0.583. The normalized spacial score (nSPS) is 16.8. The van der Waals surface area contributed by atoms with E-state index in [0.717, 1.165) is 25.9 Å². The fourth-order valence-electron chi connectivity index (χ4n) is 2.04. The van der Waals surface area contributed by atoms with E-state index >= 15 is 0 Å². The quantitative estimate of drug-likeness (QED) is 0.854. The van der Waals surface area contributed by atoms with Crippen molar-refractivity contribution < 1.29 is 14.7 Å². The Hall–Kier alpha value is -1.85. The molecule has 2 rings (SSSR count). The van der Waals surface area contributed by atoms with Crippen molar-refractivity contribution in [3.05, 3.63) is 18.2 Å². The number of carbonyl (C=O) groups is 2. The highest BCUT2D eigenvalue weighted by Gasteiger charge is 2.20. The number of amides is 1. The average molecular weight is 251 g/mol. The molecule has 6 heteroatoms. The van der Waals surface area contributed by atoms with Gasteiger partial charge in [0.2, 0.25) is 5.91 Å². The molecule has 1 N–H and O–H groups in total. The van der Waals surface area contributed by atoms with Gasteiger partial charge < -0.3 is 14.6 Å². The highest BCUT2D eigenvalue weighted by Crippen LogP contribution is 2.13. The van der Waals surface area contributed by atoms with Crippen LogP contribution < -0.4 is 0 Å². The van der Waals surface area contributed by atoms with Crippen LogP contribution in [0.2, 0.25) is 0 Å². The van der Waals surface area contributed by atoms with Gasteiger partial charge in [-0.25, -0.2) is 4.98 Å². The summed E-state index contributed by atoms with van der Waals surface area (Å²) in [7, 11) is 0. The van der Waals surface area contributed by atoms with Crippen LogP contribution in [-0.4, -0.2) is 44.5 Å². The van der Waals surface area contributed by atoms with Crippen LogP contribution in [0, 0.1) is 0 Å². The molecule has 0 bridgehead atoms. The number of carboxylic acid groups (broad SMARTS) is 1. The highest BCUT2D eigenvalue weighted by molar-refractivity contribution is 5.76. The number of nitrogens with zero attached hydrogens (tertiary/aromatic N) is 3. The van der Waals surface area contributed by atoms with Crippen molar-refractivity contribution in [1.82, 2.24) is 14.5 Å². The van der Waals surface area contributed by atoms with Gasteiger partial charge in [0.1, 0.15) is 6.54 Å². The molecule has 18 heavy (non-hydrogen) atoms. The number of carboxylic acids is 1. The lowest BCUT2D eigenvalue weighted by atomic mass is 10.1. The first-order valence-corrected chi connectivity index (χ1v) is 6.10. The molecule has 0 aliphatic carbocycles. The second kappa shape index (κ2) is 5.20. The van der Waals surface area contributed by atoms with E-state index in [-0.39, 0.29) is 12.5 Å². The van der Waals surface area contributed by atoms with Gasteiger partial charge in [-0.2, -0.15) is 0 Å². The van der Waals surface area contributed by atoms with Crippen LogP contribution in [0.4, 0.5) is 0 Å². The molecule has 1 aromatic rings. The maximum absolute atomic E-state index is 11.9. The predicted molar refractivity (Wildman–Crippen MR) is 64.1 cm³/mol. The number of rotatable bonds is 4. The lowest BCUT2D eigenvalue weighted by Gasteiger charge is -2.15. The number of aliphatic carboxylic acids is 1. The first kappa shape index (κ1) is 12.6. The van der Waals surface area contributed by atoms with Crippen LogP contribution in [-0.2, 0) is 16.1 Å². The summed E-state index contributed by atoms with van der Waals surface area (Å²) in [6.07, 6.45) is 5.28. The van der Waals surface area contributed by atoms with Crippen molar-refractivity contribution >= 4 is 11.9 Å². The maximum atomic E-state index is 11.9. The average Bonchev–Trinajstić information content (AvgIpc) is 2.98. The van der Waals surface area contributed by atoms with Crippen molar-refractivity contribution in [2.24, 2.45) is 0 Å². The molecule has 1 saturated heterocycles. The zero-order valence-corrected chi connectivity index (χ0v) is 10.4. The predicted octanol–water partition coefficient (Wildman–Crippen LogP) is 0.694. The topological polar surface area (TPSA) is 75.4 Å². The molecule has 1 fully saturated rings. The first-order valence-electron chi connectivity index (χ1n) is 6.10. The summed E-state index contributed by atoms with van der Waals surface area (Å²) < 4.78 is 1.65. The molecule has 1 amide bonds. The van der Waals surface area contributed by atoms with E-state index in [1.54, 1.807) is 17.7 Å². The van der Waals surface area contributed by atoms with Crippen molar-refractivity contribution in [3.8, 4) is 0 Å². The van der Waals surface area contributed by atoms with Crippen LogP contribution in [0.25, 0.3) is 0 Å². The van der Waals surface area contributed by atoms with Gasteiger partial charge >= 0.3 is 5.97 Å². The zero-order valence-electron chi connectivity index (χ0n) is 10.4. The molecule has 1 atom stereocenters. The fourth-order valence-corrected chi connectivity index (χ4v) is 2.04. The van der Waals surface area contributed by atoms with Crippen molar-refractivity contribution in [2.75, 3.05) is 13.1 Å². The van der Waals surface area contributed by atoms with E-state index in [9.17, 15) is 9.59 Å². The van der Waals surface area contributed by atoms with Crippen LogP contribution in [0.1, 0.15) is 31.4 Å². The minimum atomic E-state index is -0.911. The summed E-state index contributed by atoms with van der Waals surface area (Å²) in [4.78, 5) is 28.6. The Morgan fingerprint density at radius 3 is 2.72 bits per heavy atom. The number of hydrogen-bond donors (Lipinski definition) is 1. The lowest BCUT2D eigenvalue weighted by molar-refractivity contribution is -0.138. The summed E-state index contributed by atoms with van der Waals surface area (Å²) in [5.41, 5.74) is 0.483. The van der Waals surface area contributed by atoms with Gasteiger partial charge in [0.25, 0.3) is 0 Å². The first-order chi connectivity index (χ1) is 8.58. The monoisotopic (exact) mass is 251 g/mol. The van der Waals surface area contributed by atoms with Crippen LogP contribution in [0.5, 0.6) is 0 Å². The smallest absolute Gasteiger partial charge is 0.312 e. The van der Waals surface area contributed by atoms with E-state index in [2.05, 4.69) is 4.98 Å². The van der Waals surface area contributed by atoms with Crippen molar-refractivity contribution in [3.63, 3.8) is 0 Å². The van der Waals surface area contributed by atoms with Crippen LogP contribution in [0.3, 0.4) is 0 Å². The third-order valence-electron chi connectivity index (χ3n) is 3.24. The summed E-state index contributed by atoms with van der Waals surface area (Å²) in [6.45, 7) is 3.47. The second-order valence-corrected chi connectivity index (χ2v) is 4.62. The third-order valence-corrected chi connectivity index (χ3v) is 3.24. The van der Waals surface area contributed by atoms with Gasteiger partial charge in [-0.15, -0.1) is 0 Å². The summed E-state index contributed by atoms with van der Waals surface area (Å²) in [6, 6.07) is 0. The lowest BCUT2D eigenvalue weighted by Crippen LogP contribution is -2.30. The standard InChI is InChI=1S/C12H17N3O3/c1-9(12(17)18)10-6-14(8-13-10)7-11(16)15-4-2-3-5-15/h6,8-9H,2-5,7H2,1H3,(H,17,18). The number of carbonyl (C=O) groups excluding carboxylic acids is 1. The van der Waals surface area contributed by atoms with Crippen molar-refractivity contribution in [1.29, 1.82) is 0 Å². The molecular formula is C12H17N3O3. The van der Waals surface area contributed by atoms with Crippen LogP contribution in [0.15, 0.2) is 12.5 Å². The number of likely N-dealkylation sites (tertiary alicyclic amines) is 1. The highest BCUT2D eigenvalue weighted by atomic mass is 16.4. The molecule has 0 saturated carbocycles. The van der Waals surface area contributed by atoms with Crippen LogP contribution >= 0.6 is 0 Å². The minimum Gasteiger partial charge on any atom is -0.481 e. The number of hydrogen-bond acceptors (Lipinski definition) is 3. The Bertz CT molecular complexity index is 449. The Labute approximate surface area is 105 Å². The largest absolute Gasteiger partial charge is 0.481 e. The summed E-state index contributed by atoms with van der Waals surface area (Å²) in [5.74, 6) is -1.49. The van der Waals surface area contributed by atoms with E-state index in [0.29, 0.717) is 5.69 Å². The molecule has 98 valence electrons. The van der Waals surface area contributed by atoms with Gasteiger partial charge in [0.05, 0.1) is 17.9 Å². The summed E-state index contributed by atoms with van der Waals surface area (Å²) >= 11 is 0. The van der Waals surface area contributed by atoms with E-state index in [4.69, 9.17) is 5.11 Å². The molecule has 1 unspecified atom stereocenters. The molecule has 1 aromatic heterocycles. The minimum absolute atomic E-state index is 0.0689. The Balaban J connectivity index is 1.97. The van der Waals surface area contributed by atoms with Gasteiger partial charge in [-0.1, -0.05) is 0 Å². The molecule has 1 aliphatic heterocycles. The van der Waals surface area contributed by atoms with E-state index < -0.39 is 11.9 Å². The van der Waals surface area contributed by atoms with E-state index in [1.807, 2.05) is 4.90 Å². The third kappa shape index (κ3) is 2.69. The van der Waals surface area contributed by atoms with Gasteiger partial charge in [-0.05, 0) is 19.8 Å². The zero-order chi connectivity index (χ0) is 13.1. The Morgan fingerprint density at radius 1 is 1.44 bits per heavy atom. The molecule has 6 nitrogen and oxygen atoms in total. The molecule has 2 heterocycles. The molecule has 1 aliphatic rings. The molecular weight excluding hydrogens is 234 g/mol. The maximum Gasteiger partial charge on any atom is 0.312 e. The molecule has 0 spiro atoms. The second-order valence-electron chi connectivity index (χ2n) is 4.62. The SMILES string of the molecule is CC(C(=O)O)c1cn(CC(=O)N2CCCC2)cn1. The number of aromatic nitrogens is 2.